The summed E-state index contributed by atoms with van der Waals surface area (Å²) < 4.78 is 13.7. The Morgan fingerprint density at radius 2 is 2.10 bits per heavy atom. The lowest BCUT2D eigenvalue weighted by atomic mass is 10.2. The summed E-state index contributed by atoms with van der Waals surface area (Å²) >= 11 is 5.60. The summed E-state index contributed by atoms with van der Waals surface area (Å²) in [5.74, 6) is -2.48. The second-order valence-electron chi connectivity index (χ2n) is 3.88. The first kappa shape index (κ1) is 14.7. The van der Waals surface area contributed by atoms with Crippen LogP contribution in [0.3, 0.4) is 0 Å². The molecule has 0 bridgehead atoms. The van der Waals surface area contributed by atoms with Gasteiger partial charge in [-0.3, -0.25) is 10.1 Å². The van der Waals surface area contributed by atoms with Crippen LogP contribution in [0.4, 0.5) is 21.6 Å². The maximum atomic E-state index is 13.7. The molecule has 2 rings (SSSR count). The molecule has 2 N–H and O–H groups in total. The van der Waals surface area contributed by atoms with E-state index in [9.17, 15) is 19.3 Å². The van der Waals surface area contributed by atoms with E-state index in [4.69, 9.17) is 16.7 Å². The lowest BCUT2D eigenvalue weighted by Gasteiger charge is -2.08. The Kier molecular flexibility index (Phi) is 3.99. The number of benzene rings is 1. The summed E-state index contributed by atoms with van der Waals surface area (Å²) in [4.78, 5) is 24.6. The lowest BCUT2D eigenvalue weighted by molar-refractivity contribution is -0.384. The number of aromatic nitrogens is 1. The number of carbonyl (C=O) groups is 1. The van der Waals surface area contributed by atoms with Crippen molar-refractivity contribution in [1.29, 1.82) is 0 Å². The zero-order valence-electron chi connectivity index (χ0n) is 10.2. The largest absolute Gasteiger partial charge is 0.477 e. The zero-order valence-corrected chi connectivity index (χ0v) is 11.0. The molecule has 1 aromatic heterocycles. The van der Waals surface area contributed by atoms with E-state index >= 15 is 0 Å². The van der Waals surface area contributed by atoms with Crippen molar-refractivity contribution in [3.8, 4) is 0 Å². The average molecular weight is 312 g/mol. The van der Waals surface area contributed by atoms with E-state index < -0.39 is 28.1 Å². The number of carboxylic acid groups (broad SMARTS) is 1. The monoisotopic (exact) mass is 311 g/mol. The Morgan fingerprint density at radius 3 is 2.67 bits per heavy atom. The van der Waals surface area contributed by atoms with Gasteiger partial charge < -0.3 is 10.4 Å². The number of nitrogens with zero attached hydrogens (tertiary/aromatic N) is 2. The maximum Gasteiger partial charge on any atom is 0.354 e. The molecule has 0 aliphatic heterocycles. The van der Waals surface area contributed by atoms with Gasteiger partial charge in [0, 0.05) is 11.1 Å². The summed E-state index contributed by atoms with van der Waals surface area (Å²) in [7, 11) is 0. The van der Waals surface area contributed by atoms with Gasteiger partial charge in [-0.1, -0.05) is 11.6 Å². The van der Waals surface area contributed by atoms with Gasteiger partial charge >= 0.3 is 11.7 Å². The van der Waals surface area contributed by atoms with Crippen LogP contribution in [-0.2, 0) is 0 Å². The number of carboxylic acids is 1. The van der Waals surface area contributed by atoms with Crippen LogP contribution >= 0.6 is 11.6 Å². The van der Waals surface area contributed by atoms with Crippen LogP contribution in [0.1, 0.15) is 10.5 Å². The third-order valence-electron chi connectivity index (χ3n) is 2.47. The number of nitro groups is 1. The smallest absolute Gasteiger partial charge is 0.354 e. The fourth-order valence-corrected chi connectivity index (χ4v) is 1.69. The summed E-state index contributed by atoms with van der Waals surface area (Å²) in [6.07, 6.45) is 0. The highest BCUT2D eigenvalue weighted by molar-refractivity contribution is 6.30. The third kappa shape index (κ3) is 3.23. The van der Waals surface area contributed by atoms with Crippen molar-refractivity contribution in [1.82, 2.24) is 4.98 Å². The normalized spacial score (nSPS) is 10.2. The highest BCUT2D eigenvalue weighted by Crippen LogP contribution is 2.28. The lowest BCUT2D eigenvalue weighted by Crippen LogP contribution is -2.06. The highest BCUT2D eigenvalue weighted by Gasteiger charge is 2.19. The van der Waals surface area contributed by atoms with Crippen molar-refractivity contribution < 1.29 is 19.2 Å². The number of aromatic carboxylic acids is 1. The van der Waals surface area contributed by atoms with Gasteiger partial charge in [-0.2, -0.15) is 0 Å². The molecule has 0 amide bonds. The second-order valence-corrected chi connectivity index (χ2v) is 4.31. The van der Waals surface area contributed by atoms with Gasteiger partial charge in [0.1, 0.15) is 5.82 Å². The minimum Gasteiger partial charge on any atom is -0.477 e. The van der Waals surface area contributed by atoms with E-state index in [1.807, 2.05) is 0 Å². The molecule has 1 heterocycles. The van der Waals surface area contributed by atoms with Crippen LogP contribution in [0.15, 0.2) is 30.3 Å². The molecule has 0 unspecified atom stereocenters. The van der Waals surface area contributed by atoms with Crippen molar-refractivity contribution in [3.63, 3.8) is 0 Å². The van der Waals surface area contributed by atoms with E-state index in [1.54, 1.807) is 0 Å². The van der Waals surface area contributed by atoms with Crippen LogP contribution in [0, 0.1) is 15.9 Å². The van der Waals surface area contributed by atoms with Crippen molar-refractivity contribution in [2.45, 2.75) is 0 Å². The van der Waals surface area contributed by atoms with Gasteiger partial charge in [-0.15, -0.1) is 0 Å². The van der Waals surface area contributed by atoms with Gasteiger partial charge in [-0.05, 0) is 24.3 Å². The topological polar surface area (TPSA) is 105 Å². The molecule has 108 valence electrons. The van der Waals surface area contributed by atoms with Crippen molar-refractivity contribution >= 4 is 34.8 Å². The molecule has 0 radical (unpaired) electrons. The second kappa shape index (κ2) is 5.71. The van der Waals surface area contributed by atoms with E-state index in [1.165, 1.54) is 12.1 Å². The molecule has 0 saturated carbocycles. The first-order chi connectivity index (χ1) is 9.88. The van der Waals surface area contributed by atoms with Gasteiger partial charge in [0.05, 0.1) is 10.6 Å². The number of rotatable bonds is 4. The molecule has 21 heavy (non-hydrogen) atoms. The number of pyridine rings is 1. The Labute approximate surface area is 122 Å². The predicted octanol–water partition coefficient (Wildman–Crippen LogP) is 3.22. The van der Waals surface area contributed by atoms with Crippen LogP contribution in [0.5, 0.6) is 0 Å². The molecular weight excluding hydrogens is 305 g/mol. The summed E-state index contributed by atoms with van der Waals surface area (Å²) in [5.41, 5.74) is -0.996. The Bertz CT molecular complexity index is 738. The fourth-order valence-electron chi connectivity index (χ4n) is 1.53. The van der Waals surface area contributed by atoms with Gasteiger partial charge in [-0.25, -0.2) is 14.2 Å². The molecule has 1 aromatic carbocycles. The van der Waals surface area contributed by atoms with Crippen molar-refractivity contribution in [2.24, 2.45) is 0 Å². The van der Waals surface area contributed by atoms with Crippen LogP contribution in [0.25, 0.3) is 0 Å². The van der Waals surface area contributed by atoms with E-state index in [-0.39, 0.29) is 16.5 Å². The third-order valence-corrected chi connectivity index (χ3v) is 2.71. The van der Waals surface area contributed by atoms with Crippen molar-refractivity contribution in [2.75, 3.05) is 5.32 Å². The highest BCUT2D eigenvalue weighted by atomic mass is 35.5. The molecule has 2 aromatic rings. The molecular formula is C12H7ClFN3O4. The Balaban J connectivity index is 2.48. The van der Waals surface area contributed by atoms with Crippen LogP contribution < -0.4 is 5.32 Å². The molecule has 0 spiro atoms. The minimum atomic E-state index is -1.36. The van der Waals surface area contributed by atoms with Crippen LogP contribution in [0.2, 0.25) is 5.02 Å². The summed E-state index contributed by atoms with van der Waals surface area (Å²) in [5, 5.41) is 22.3. The first-order valence-corrected chi connectivity index (χ1v) is 5.87. The molecule has 0 saturated heterocycles. The molecule has 0 fully saturated rings. The maximum absolute atomic E-state index is 13.7. The van der Waals surface area contributed by atoms with E-state index in [0.717, 1.165) is 18.2 Å². The summed E-state index contributed by atoms with van der Waals surface area (Å²) in [6, 6.07) is 5.61. The molecule has 7 nitrogen and oxygen atoms in total. The summed E-state index contributed by atoms with van der Waals surface area (Å²) in [6.45, 7) is 0. The van der Waals surface area contributed by atoms with Crippen molar-refractivity contribution in [3.05, 3.63) is 57.0 Å². The zero-order chi connectivity index (χ0) is 15.6. The fraction of sp³-hybridized carbons (Fsp3) is 0. The first-order valence-electron chi connectivity index (χ1n) is 5.49. The number of nitrogens with one attached hydrogen (secondary N) is 1. The van der Waals surface area contributed by atoms with E-state index in [2.05, 4.69) is 10.3 Å². The molecule has 0 aliphatic carbocycles. The number of hydrogen-bond donors (Lipinski definition) is 2. The Morgan fingerprint density at radius 1 is 1.38 bits per heavy atom. The molecule has 0 aliphatic rings. The van der Waals surface area contributed by atoms with Crippen LogP contribution in [-0.4, -0.2) is 21.0 Å². The Hall–Kier alpha value is -2.74. The quantitative estimate of drug-likeness (QED) is 0.663. The number of halogens is 2. The molecule has 0 atom stereocenters. The van der Waals surface area contributed by atoms with Gasteiger partial charge in [0.15, 0.2) is 5.69 Å². The number of anilines is 2. The average Bonchev–Trinajstić information content (AvgIpc) is 2.41. The SMILES string of the molecule is O=C(O)c1ccc([N+](=O)[O-])c(Nc2ccc(Cl)cc2F)n1. The van der Waals surface area contributed by atoms with E-state index in [0.29, 0.717) is 0 Å². The predicted molar refractivity (Wildman–Crippen MR) is 72.5 cm³/mol. The standard InChI is InChI=1S/C12H7ClFN3O4/c13-6-1-2-8(7(14)5-6)15-11-10(17(20)21)4-3-9(16-11)12(18)19/h1-5H,(H,15,16)(H,18,19). The van der Waals surface area contributed by atoms with Gasteiger partial charge in [0.2, 0.25) is 5.82 Å². The number of hydrogen-bond acceptors (Lipinski definition) is 5. The molecule has 9 heteroatoms. The minimum absolute atomic E-state index is 0.113. The van der Waals surface area contributed by atoms with Gasteiger partial charge in [0.25, 0.3) is 0 Å².